The van der Waals surface area contributed by atoms with Crippen molar-refractivity contribution in [3.63, 3.8) is 0 Å². The van der Waals surface area contributed by atoms with Crippen molar-refractivity contribution < 1.29 is 0 Å². The molecule has 0 radical (unpaired) electrons. The van der Waals surface area contributed by atoms with Crippen LogP contribution in [0.3, 0.4) is 0 Å². The van der Waals surface area contributed by atoms with Crippen molar-refractivity contribution >= 4 is 11.8 Å². The van der Waals surface area contributed by atoms with Crippen molar-refractivity contribution in [3.05, 3.63) is 89.0 Å². The van der Waals surface area contributed by atoms with Crippen LogP contribution in [0, 0.1) is 16.7 Å². The van der Waals surface area contributed by atoms with Gasteiger partial charge in [-0.1, -0.05) is 54.6 Å². The molecule has 1 aliphatic heterocycles. The van der Waals surface area contributed by atoms with Gasteiger partial charge in [-0.05, 0) is 72.2 Å². The number of nitrogens with zero attached hydrogens (tertiary/aromatic N) is 2. The minimum Gasteiger partial charge on any atom is -0.279 e. The smallest absolute Gasteiger partial charge is 0.0698 e. The fourth-order valence-corrected chi connectivity index (χ4v) is 6.65. The molecule has 0 unspecified atom stereocenters. The molecule has 3 aliphatic rings. The molecule has 3 aromatic carbocycles. The fourth-order valence-electron chi connectivity index (χ4n) is 5.46. The molecule has 0 N–H and O–H groups in total. The first kappa shape index (κ1) is 19.2. The van der Waals surface area contributed by atoms with Crippen molar-refractivity contribution in [1.82, 2.24) is 4.90 Å². The molecule has 1 fully saturated rings. The summed E-state index contributed by atoms with van der Waals surface area (Å²) in [6.07, 6.45) is 2.12. The number of fused-ring (bicyclic) bond motifs is 4. The quantitative estimate of drug-likeness (QED) is 0.428. The third-order valence-corrected chi connectivity index (χ3v) is 8.80. The van der Waals surface area contributed by atoms with E-state index in [-0.39, 0.29) is 17.0 Å². The minimum atomic E-state index is -0.0632. The van der Waals surface area contributed by atoms with Gasteiger partial charge in [-0.25, -0.2) is 0 Å². The van der Waals surface area contributed by atoms with Crippen molar-refractivity contribution in [1.29, 1.82) is 5.26 Å². The van der Waals surface area contributed by atoms with Gasteiger partial charge in [0, 0.05) is 22.7 Å². The van der Waals surface area contributed by atoms with E-state index < -0.39 is 0 Å². The lowest BCUT2D eigenvalue weighted by atomic mass is 9.91. The zero-order valence-electron chi connectivity index (χ0n) is 18.1. The summed E-state index contributed by atoms with van der Waals surface area (Å²) >= 11 is 1.85. The van der Waals surface area contributed by atoms with Gasteiger partial charge in [0.15, 0.2) is 0 Å². The highest BCUT2D eigenvalue weighted by atomic mass is 32.2. The molecule has 2 nitrogen and oxygen atoms in total. The number of thioether (sulfide) groups is 1. The molecule has 154 valence electrons. The van der Waals surface area contributed by atoms with Gasteiger partial charge in [0.25, 0.3) is 0 Å². The lowest BCUT2D eigenvalue weighted by Crippen LogP contribution is -2.38. The molecule has 6 rings (SSSR count). The Hall–Kier alpha value is -2.54. The summed E-state index contributed by atoms with van der Waals surface area (Å²) in [5.41, 5.74) is 8.34. The van der Waals surface area contributed by atoms with E-state index >= 15 is 0 Å². The number of nitriles is 1. The Balaban J connectivity index is 1.36. The number of hydrogen-bond donors (Lipinski definition) is 0. The van der Waals surface area contributed by atoms with Crippen molar-refractivity contribution in [2.75, 3.05) is 5.75 Å². The fraction of sp³-hybridized carbons (Fsp3) is 0.321. The van der Waals surface area contributed by atoms with Crippen LogP contribution < -0.4 is 0 Å². The molecule has 0 saturated heterocycles. The first-order valence-corrected chi connectivity index (χ1v) is 12.1. The Morgan fingerprint density at radius 1 is 0.968 bits per heavy atom. The summed E-state index contributed by atoms with van der Waals surface area (Å²) in [4.78, 5) is 3.97. The van der Waals surface area contributed by atoms with E-state index in [0.717, 1.165) is 25.1 Å². The molecular weight excluding hydrogens is 396 g/mol. The Morgan fingerprint density at radius 2 is 1.61 bits per heavy atom. The van der Waals surface area contributed by atoms with Crippen LogP contribution in [-0.2, 0) is 12.1 Å². The van der Waals surface area contributed by atoms with Crippen LogP contribution in [0.25, 0.3) is 11.1 Å². The lowest BCUT2D eigenvalue weighted by Gasteiger charge is -2.38. The van der Waals surface area contributed by atoms with E-state index in [1.165, 1.54) is 38.3 Å². The third kappa shape index (κ3) is 2.89. The SMILES string of the molecule is CC1(C)c2ccc(SCC3(C#N)CC3)cc2CN1C1c2ccccc2-c2ccccc21. The second-order valence-corrected chi connectivity index (χ2v) is 10.8. The van der Waals surface area contributed by atoms with E-state index in [1.54, 1.807) is 0 Å². The Kier molecular flexibility index (Phi) is 4.16. The highest BCUT2D eigenvalue weighted by Gasteiger charge is 2.45. The van der Waals surface area contributed by atoms with Gasteiger partial charge in [-0.3, -0.25) is 4.90 Å². The van der Waals surface area contributed by atoms with E-state index in [4.69, 9.17) is 0 Å². The van der Waals surface area contributed by atoms with E-state index in [9.17, 15) is 5.26 Å². The normalized spacial score (nSPS) is 20.0. The van der Waals surface area contributed by atoms with Crippen LogP contribution in [0.2, 0.25) is 0 Å². The Labute approximate surface area is 188 Å². The van der Waals surface area contributed by atoms with Crippen LogP contribution >= 0.6 is 11.8 Å². The average Bonchev–Trinajstić information content (AvgIpc) is 3.44. The van der Waals surface area contributed by atoms with Crippen LogP contribution in [0.5, 0.6) is 0 Å². The van der Waals surface area contributed by atoms with Gasteiger partial charge in [0.05, 0.1) is 17.5 Å². The number of hydrogen-bond acceptors (Lipinski definition) is 3. The third-order valence-electron chi connectivity index (χ3n) is 7.51. The summed E-state index contributed by atoms with van der Waals surface area (Å²) in [5, 5.41) is 9.40. The van der Waals surface area contributed by atoms with Crippen LogP contribution in [0.15, 0.2) is 71.6 Å². The molecule has 1 saturated carbocycles. The van der Waals surface area contributed by atoms with Gasteiger partial charge < -0.3 is 0 Å². The maximum atomic E-state index is 9.40. The summed E-state index contributed by atoms with van der Waals surface area (Å²) in [6.45, 7) is 5.68. The summed E-state index contributed by atoms with van der Waals surface area (Å²) in [7, 11) is 0. The average molecular weight is 423 g/mol. The van der Waals surface area contributed by atoms with E-state index in [1.807, 2.05) is 11.8 Å². The number of rotatable bonds is 4. The Morgan fingerprint density at radius 3 is 2.23 bits per heavy atom. The highest BCUT2D eigenvalue weighted by molar-refractivity contribution is 7.99. The molecule has 0 bridgehead atoms. The molecule has 2 aliphatic carbocycles. The predicted octanol–water partition coefficient (Wildman–Crippen LogP) is 6.90. The first-order chi connectivity index (χ1) is 15.0. The van der Waals surface area contributed by atoms with Crippen LogP contribution in [-0.4, -0.2) is 10.7 Å². The van der Waals surface area contributed by atoms with Gasteiger partial charge in [0.2, 0.25) is 0 Å². The Bertz CT molecular complexity index is 1190. The van der Waals surface area contributed by atoms with Crippen molar-refractivity contribution in [2.45, 2.75) is 49.7 Å². The van der Waals surface area contributed by atoms with Gasteiger partial charge in [-0.2, -0.15) is 5.26 Å². The molecule has 31 heavy (non-hydrogen) atoms. The van der Waals surface area contributed by atoms with Crippen LogP contribution in [0.1, 0.15) is 55.0 Å². The minimum absolute atomic E-state index is 0.0435. The molecular formula is C28H26N2S. The molecule has 0 spiro atoms. The predicted molar refractivity (Wildman–Crippen MR) is 127 cm³/mol. The zero-order valence-corrected chi connectivity index (χ0v) is 18.9. The zero-order chi connectivity index (χ0) is 21.2. The molecule has 1 heterocycles. The standard InChI is InChI=1S/C28H26N2S/c1-27(2)25-12-11-20(31-18-28(17-29)13-14-28)15-19(25)16-30(27)26-23-9-5-3-7-21(23)22-8-4-6-10-24(22)26/h3-12,15,26H,13-14,16,18H2,1-2H3. The molecule has 3 aromatic rings. The van der Waals surface area contributed by atoms with E-state index in [0.29, 0.717) is 0 Å². The largest absolute Gasteiger partial charge is 0.279 e. The van der Waals surface area contributed by atoms with Gasteiger partial charge in [0.1, 0.15) is 0 Å². The van der Waals surface area contributed by atoms with Crippen LogP contribution in [0.4, 0.5) is 0 Å². The molecule has 0 aromatic heterocycles. The number of benzene rings is 3. The molecule has 3 heteroatoms. The topological polar surface area (TPSA) is 27.0 Å². The first-order valence-electron chi connectivity index (χ1n) is 11.1. The summed E-state index contributed by atoms with van der Waals surface area (Å²) in [6, 6.07) is 27.6. The van der Waals surface area contributed by atoms with Crippen molar-refractivity contribution in [2.24, 2.45) is 5.41 Å². The van der Waals surface area contributed by atoms with Gasteiger partial charge >= 0.3 is 0 Å². The highest BCUT2D eigenvalue weighted by Crippen LogP contribution is 2.53. The monoisotopic (exact) mass is 422 g/mol. The summed E-state index contributed by atoms with van der Waals surface area (Å²) < 4.78 is 0. The van der Waals surface area contributed by atoms with Gasteiger partial charge in [-0.15, -0.1) is 11.8 Å². The second-order valence-electron chi connectivity index (χ2n) is 9.76. The molecule has 0 amide bonds. The lowest BCUT2D eigenvalue weighted by molar-refractivity contribution is 0.101. The second kappa shape index (κ2) is 6.73. The summed E-state index contributed by atoms with van der Waals surface area (Å²) in [5.74, 6) is 0.915. The molecule has 0 atom stereocenters. The maximum Gasteiger partial charge on any atom is 0.0698 e. The maximum absolute atomic E-state index is 9.40. The van der Waals surface area contributed by atoms with E-state index in [2.05, 4.69) is 91.5 Å². The van der Waals surface area contributed by atoms with Crippen molar-refractivity contribution in [3.8, 4) is 17.2 Å².